The fraction of sp³-hybridized carbons (Fsp3) is 0.812. The lowest BCUT2D eigenvalue weighted by Crippen LogP contribution is -2.40. The van der Waals surface area contributed by atoms with E-state index < -0.39 is 23.5 Å². The van der Waals surface area contributed by atoms with E-state index in [0.29, 0.717) is 19.3 Å². The largest absolute Gasteiger partial charge is 0.348 e. The van der Waals surface area contributed by atoms with E-state index >= 15 is 0 Å². The van der Waals surface area contributed by atoms with Crippen molar-refractivity contribution in [2.75, 3.05) is 0 Å². The van der Waals surface area contributed by atoms with E-state index in [-0.39, 0.29) is 12.1 Å². The molecule has 222 valence electrons. The van der Waals surface area contributed by atoms with E-state index in [1.54, 1.807) is 13.8 Å². The van der Waals surface area contributed by atoms with Crippen LogP contribution in [0.15, 0.2) is 23.8 Å². The second-order valence-electron chi connectivity index (χ2n) is 11.0. The molecule has 0 fully saturated rings. The zero-order chi connectivity index (χ0) is 28.4. The number of nitrogens with one attached hydrogen (secondary N) is 2. The number of carbonyl (C=O) groups is 2. The van der Waals surface area contributed by atoms with Crippen LogP contribution in [-0.2, 0) is 9.59 Å². The van der Waals surface area contributed by atoms with Gasteiger partial charge in [-0.3, -0.25) is 9.59 Å². The summed E-state index contributed by atoms with van der Waals surface area (Å²) < 4.78 is 28.3. The molecule has 2 amide bonds. The lowest BCUT2D eigenvalue weighted by Gasteiger charge is -2.19. The number of unbranched alkanes of at least 4 members (excludes halogenated alkanes) is 17. The Morgan fingerprint density at radius 2 is 0.842 bits per heavy atom. The molecule has 6 heteroatoms. The van der Waals surface area contributed by atoms with Crippen LogP contribution in [-0.4, -0.2) is 23.9 Å². The van der Waals surface area contributed by atoms with Crippen LogP contribution in [0, 0.1) is 0 Å². The monoisotopic (exact) mass is 540 g/mol. The van der Waals surface area contributed by atoms with Gasteiger partial charge in [-0.25, -0.2) is 8.78 Å². The molecular weight excluding hydrogens is 482 g/mol. The number of rotatable bonds is 25. The van der Waals surface area contributed by atoms with Gasteiger partial charge in [-0.2, -0.15) is 0 Å². The average Bonchev–Trinajstić information content (AvgIpc) is 2.88. The molecular formula is C32H58F2N2O2. The minimum Gasteiger partial charge on any atom is -0.348 e. The highest BCUT2D eigenvalue weighted by Crippen LogP contribution is 2.13. The van der Waals surface area contributed by atoms with E-state index in [1.165, 1.54) is 82.8 Å². The van der Waals surface area contributed by atoms with Gasteiger partial charge in [-0.15, -0.1) is 0 Å². The van der Waals surface area contributed by atoms with Crippen LogP contribution in [0.3, 0.4) is 0 Å². The van der Waals surface area contributed by atoms with E-state index in [4.69, 9.17) is 0 Å². The van der Waals surface area contributed by atoms with Gasteiger partial charge in [0, 0.05) is 12.1 Å². The number of hydrogen-bond donors (Lipinski definition) is 2. The van der Waals surface area contributed by atoms with Gasteiger partial charge in [-0.05, 0) is 58.1 Å². The lowest BCUT2D eigenvalue weighted by atomic mass is 10.1. The maximum Gasteiger partial charge on any atom is 0.279 e. The Kier molecular flexibility index (Phi) is 24.4. The second-order valence-corrected chi connectivity index (χ2v) is 11.0. The Labute approximate surface area is 232 Å². The van der Waals surface area contributed by atoms with Crippen molar-refractivity contribution in [1.82, 2.24) is 10.6 Å². The molecule has 4 nitrogen and oxygen atoms in total. The summed E-state index contributed by atoms with van der Waals surface area (Å²) in [6, 6.07) is -0.705. The first-order valence-electron chi connectivity index (χ1n) is 15.6. The minimum absolute atomic E-state index is 0.353. The smallest absolute Gasteiger partial charge is 0.279 e. The SMILES string of the molecule is CCCCCCCCCCC=C(F)C(=O)NC(C)CC(C)NC(=O)C(F)=CCCCCCCCCCCC. The summed E-state index contributed by atoms with van der Waals surface area (Å²) in [5, 5.41) is 5.25. The Morgan fingerprint density at radius 3 is 1.16 bits per heavy atom. The first kappa shape index (κ1) is 36.3. The maximum atomic E-state index is 14.1. The van der Waals surface area contributed by atoms with Crippen molar-refractivity contribution in [2.45, 2.75) is 168 Å². The third-order valence-corrected chi connectivity index (χ3v) is 6.91. The number of amides is 2. The Hall–Kier alpha value is -1.72. The number of carbonyl (C=O) groups excluding carboxylic acids is 2. The summed E-state index contributed by atoms with van der Waals surface area (Å²) in [5.74, 6) is -2.99. The van der Waals surface area contributed by atoms with Gasteiger partial charge in [0.2, 0.25) is 0 Å². The van der Waals surface area contributed by atoms with E-state index in [0.717, 1.165) is 38.5 Å². The maximum absolute atomic E-state index is 14.1. The van der Waals surface area contributed by atoms with Crippen molar-refractivity contribution in [3.63, 3.8) is 0 Å². The fourth-order valence-electron chi connectivity index (χ4n) is 4.61. The Bertz CT molecular complexity index is 664. The summed E-state index contributed by atoms with van der Waals surface area (Å²) in [6.45, 7) is 7.93. The van der Waals surface area contributed by atoms with Crippen molar-refractivity contribution in [2.24, 2.45) is 0 Å². The number of hydrogen-bond acceptors (Lipinski definition) is 2. The third-order valence-electron chi connectivity index (χ3n) is 6.91. The van der Waals surface area contributed by atoms with Crippen molar-refractivity contribution < 1.29 is 18.4 Å². The van der Waals surface area contributed by atoms with Crippen molar-refractivity contribution in [3.8, 4) is 0 Å². The molecule has 0 aliphatic carbocycles. The first-order chi connectivity index (χ1) is 18.3. The summed E-state index contributed by atoms with van der Waals surface area (Å²) in [7, 11) is 0. The molecule has 2 atom stereocenters. The molecule has 0 bridgehead atoms. The van der Waals surface area contributed by atoms with Gasteiger partial charge < -0.3 is 10.6 Å². The van der Waals surface area contributed by atoms with Gasteiger partial charge in [0.05, 0.1) is 0 Å². The van der Waals surface area contributed by atoms with E-state index in [1.807, 2.05) is 0 Å². The van der Waals surface area contributed by atoms with Gasteiger partial charge >= 0.3 is 0 Å². The summed E-state index contributed by atoms with van der Waals surface area (Å²) in [5.41, 5.74) is 0. The quantitative estimate of drug-likeness (QED) is 0.0894. The molecule has 0 aliphatic rings. The Morgan fingerprint density at radius 1 is 0.553 bits per heavy atom. The van der Waals surface area contributed by atoms with E-state index in [2.05, 4.69) is 24.5 Å². The zero-order valence-corrected chi connectivity index (χ0v) is 25.0. The highest BCUT2D eigenvalue weighted by Gasteiger charge is 2.17. The topological polar surface area (TPSA) is 58.2 Å². The third kappa shape index (κ3) is 22.3. The summed E-state index contributed by atoms with van der Waals surface area (Å²) in [6.07, 6.45) is 24.4. The van der Waals surface area contributed by atoms with E-state index in [9.17, 15) is 18.4 Å². The van der Waals surface area contributed by atoms with Crippen LogP contribution in [0.2, 0.25) is 0 Å². The second kappa shape index (κ2) is 25.6. The number of allylic oxidation sites excluding steroid dienone is 2. The lowest BCUT2D eigenvalue weighted by molar-refractivity contribution is -0.119. The fourth-order valence-corrected chi connectivity index (χ4v) is 4.61. The molecule has 0 aromatic heterocycles. The molecule has 0 radical (unpaired) electrons. The van der Waals surface area contributed by atoms with Crippen LogP contribution < -0.4 is 10.6 Å². The van der Waals surface area contributed by atoms with Gasteiger partial charge in [-0.1, -0.05) is 110 Å². The predicted octanol–water partition coefficient (Wildman–Crippen LogP) is 9.54. The van der Waals surface area contributed by atoms with Crippen LogP contribution in [0.5, 0.6) is 0 Å². The summed E-state index contributed by atoms with van der Waals surface area (Å²) in [4.78, 5) is 24.2. The molecule has 2 N–H and O–H groups in total. The van der Waals surface area contributed by atoms with Crippen LogP contribution in [0.1, 0.15) is 156 Å². The van der Waals surface area contributed by atoms with Crippen molar-refractivity contribution in [3.05, 3.63) is 23.8 Å². The van der Waals surface area contributed by atoms with Crippen molar-refractivity contribution in [1.29, 1.82) is 0 Å². The molecule has 2 unspecified atom stereocenters. The molecule has 0 aromatic carbocycles. The molecule has 0 spiro atoms. The first-order valence-corrected chi connectivity index (χ1v) is 15.6. The van der Waals surface area contributed by atoms with Crippen molar-refractivity contribution >= 4 is 11.8 Å². The molecule has 38 heavy (non-hydrogen) atoms. The molecule has 0 heterocycles. The summed E-state index contributed by atoms with van der Waals surface area (Å²) >= 11 is 0. The molecule has 0 saturated heterocycles. The molecule has 0 aromatic rings. The molecule has 0 saturated carbocycles. The van der Waals surface area contributed by atoms with Crippen LogP contribution in [0.25, 0.3) is 0 Å². The molecule has 0 rings (SSSR count). The van der Waals surface area contributed by atoms with Crippen LogP contribution >= 0.6 is 0 Å². The normalized spacial score (nSPS) is 13.8. The van der Waals surface area contributed by atoms with Crippen LogP contribution in [0.4, 0.5) is 8.78 Å². The Balaban J connectivity index is 4.03. The standard InChI is InChI=1S/C32H58F2N2O2/c1-5-7-9-11-13-15-17-19-21-23-25-30(34)32(38)36-28(4)26-27(3)35-31(37)29(33)24-22-20-18-16-14-12-10-8-6-2/h24-25,27-28H,5-23,26H2,1-4H3,(H,35,37)(H,36,38). The van der Waals surface area contributed by atoms with Gasteiger partial charge in [0.15, 0.2) is 11.7 Å². The molecule has 0 aliphatic heterocycles. The average molecular weight is 541 g/mol. The van der Waals surface area contributed by atoms with Gasteiger partial charge in [0.1, 0.15) is 0 Å². The van der Waals surface area contributed by atoms with Gasteiger partial charge in [0.25, 0.3) is 11.8 Å². The highest BCUT2D eigenvalue weighted by atomic mass is 19.1. The predicted molar refractivity (Wildman–Crippen MR) is 157 cm³/mol. The highest BCUT2D eigenvalue weighted by molar-refractivity contribution is 5.91. The minimum atomic E-state index is -0.762. The number of halogens is 2. The zero-order valence-electron chi connectivity index (χ0n) is 25.0.